The monoisotopic (exact) mass is 410 g/mol. The molecule has 0 aromatic heterocycles. The van der Waals surface area contributed by atoms with Crippen molar-refractivity contribution in [3.8, 4) is 16.9 Å². The summed E-state index contributed by atoms with van der Waals surface area (Å²) in [6, 6.07) is 15.2. The Hall–Kier alpha value is -3.02. The lowest BCUT2D eigenvalue weighted by molar-refractivity contribution is 0.0901. The van der Waals surface area contributed by atoms with Crippen LogP contribution in [0.5, 0.6) is 5.75 Å². The van der Waals surface area contributed by atoms with Gasteiger partial charge in [-0.2, -0.15) is 0 Å². The summed E-state index contributed by atoms with van der Waals surface area (Å²) in [6.07, 6.45) is 3.96. The summed E-state index contributed by atoms with van der Waals surface area (Å²) in [6.45, 7) is 4.50. The second-order valence-corrected chi connectivity index (χ2v) is 7.59. The summed E-state index contributed by atoms with van der Waals surface area (Å²) in [5.41, 5.74) is 7.82. The van der Waals surface area contributed by atoms with Crippen LogP contribution in [0.4, 0.5) is 4.79 Å². The summed E-state index contributed by atoms with van der Waals surface area (Å²) < 4.78 is 10.9. The minimum Gasteiger partial charge on any atom is -0.494 e. The smallest absolute Gasteiger partial charge is 0.409 e. The number of carbonyl (C=O) groups excluding carboxylic acids is 2. The molecule has 0 saturated carbocycles. The molecular weight excluding hydrogens is 380 g/mol. The van der Waals surface area contributed by atoms with Crippen molar-refractivity contribution in [3.63, 3.8) is 0 Å². The van der Waals surface area contributed by atoms with Gasteiger partial charge in [0.25, 0.3) is 0 Å². The Bertz CT molecular complexity index is 843. The number of hydrogen-bond donors (Lipinski definition) is 1. The Morgan fingerprint density at radius 1 is 1.07 bits per heavy atom. The van der Waals surface area contributed by atoms with Crippen molar-refractivity contribution in [1.82, 2.24) is 4.90 Å². The minimum absolute atomic E-state index is 0.191. The number of carbonyl (C=O) groups is 2. The van der Waals surface area contributed by atoms with E-state index in [0.717, 1.165) is 55.6 Å². The van der Waals surface area contributed by atoms with Gasteiger partial charge >= 0.3 is 6.09 Å². The first kappa shape index (κ1) is 21.7. The van der Waals surface area contributed by atoms with Crippen molar-refractivity contribution >= 4 is 12.0 Å². The van der Waals surface area contributed by atoms with Gasteiger partial charge in [0, 0.05) is 18.7 Å². The van der Waals surface area contributed by atoms with Gasteiger partial charge in [0.15, 0.2) is 0 Å². The molecule has 2 aromatic carbocycles. The van der Waals surface area contributed by atoms with E-state index in [1.165, 1.54) is 0 Å². The fourth-order valence-electron chi connectivity index (χ4n) is 3.78. The quantitative estimate of drug-likeness (QED) is 0.651. The van der Waals surface area contributed by atoms with E-state index < -0.39 is 5.91 Å². The lowest BCUT2D eigenvalue weighted by Gasteiger charge is -2.31. The highest BCUT2D eigenvalue weighted by Gasteiger charge is 2.23. The molecular formula is C24H30N2O4. The molecule has 1 aliphatic rings. The zero-order valence-corrected chi connectivity index (χ0v) is 17.5. The molecule has 1 aliphatic heterocycles. The van der Waals surface area contributed by atoms with Crippen LogP contribution in [0, 0.1) is 5.92 Å². The molecule has 1 saturated heterocycles. The molecule has 30 heavy (non-hydrogen) atoms. The minimum atomic E-state index is -0.427. The fraction of sp³-hybridized carbons (Fsp3) is 0.417. The van der Waals surface area contributed by atoms with E-state index in [1.807, 2.05) is 43.3 Å². The van der Waals surface area contributed by atoms with Gasteiger partial charge < -0.3 is 20.1 Å². The van der Waals surface area contributed by atoms with Gasteiger partial charge in [-0.05, 0) is 73.9 Å². The van der Waals surface area contributed by atoms with Gasteiger partial charge in [0.1, 0.15) is 5.75 Å². The molecule has 0 radical (unpaired) electrons. The third-order valence-electron chi connectivity index (χ3n) is 5.50. The number of benzene rings is 2. The maximum Gasteiger partial charge on any atom is 0.409 e. The molecule has 2 N–H and O–H groups in total. The van der Waals surface area contributed by atoms with Gasteiger partial charge in [0.05, 0.1) is 13.2 Å². The van der Waals surface area contributed by atoms with Crippen LogP contribution in [0.15, 0.2) is 48.5 Å². The van der Waals surface area contributed by atoms with Gasteiger partial charge in [-0.1, -0.05) is 24.3 Å². The van der Waals surface area contributed by atoms with Crippen molar-refractivity contribution in [1.29, 1.82) is 0 Å². The zero-order chi connectivity index (χ0) is 21.3. The van der Waals surface area contributed by atoms with Crippen molar-refractivity contribution in [2.24, 2.45) is 11.7 Å². The average molecular weight is 411 g/mol. The number of ether oxygens (including phenoxy) is 2. The number of piperidine rings is 1. The topological polar surface area (TPSA) is 81.9 Å². The van der Waals surface area contributed by atoms with E-state index in [1.54, 1.807) is 17.0 Å². The number of primary amides is 1. The SMILES string of the molecule is CCOC(=O)N1CCC(CCCOc2ccc(-c3cccc(C(N)=O)c3)cc2)CC1. The first-order chi connectivity index (χ1) is 14.6. The number of hydrogen-bond acceptors (Lipinski definition) is 4. The Morgan fingerprint density at radius 3 is 2.47 bits per heavy atom. The second-order valence-electron chi connectivity index (χ2n) is 7.59. The first-order valence-corrected chi connectivity index (χ1v) is 10.6. The summed E-state index contributed by atoms with van der Waals surface area (Å²) >= 11 is 0. The molecule has 1 heterocycles. The zero-order valence-electron chi connectivity index (χ0n) is 17.5. The fourth-order valence-corrected chi connectivity index (χ4v) is 3.78. The van der Waals surface area contributed by atoms with E-state index in [9.17, 15) is 9.59 Å². The first-order valence-electron chi connectivity index (χ1n) is 10.6. The third-order valence-corrected chi connectivity index (χ3v) is 5.50. The van der Waals surface area contributed by atoms with Crippen LogP contribution in [0.1, 0.15) is 43.0 Å². The van der Waals surface area contributed by atoms with E-state index in [4.69, 9.17) is 15.2 Å². The number of nitrogens with two attached hydrogens (primary N) is 1. The summed E-state index contributed by atoms with van der Waals surface area (Å²) in [5, 5.41) is 0. The lowest BCUT2D eigenvalue weighted by atomic mass is 9.92. The van der Waals surface area contributed by atoms with Gasteiger partial charge in [-0.3, -0.25) is 4.79 Å². The molecule has 3 rings (SSSR count). The van der Waals surface area contributed by atoms with Crippen LogP contribution in [-0.2, 0) is 4.74 Å². The molecule has 0 spiro atoms. The van der Waals surface area contributed by atoms with Gasteiger partial charge in [-0.25, -0.2) is 4.79 Å². The molecule has 0 atom stereocenters. The van der Waals surface area contributed by atoms with Crippen molar-refractivity contribution in [2.75, 3.05) is 26.3 Å². The molecule has 6 heteroatoms. The number of nitrogens with zero attached hydrogens (tertiary/aromatic N) is 1. The summed E-state index contributed by atoms with van der Waals surface area (Å²) in [5.74, 6) is 1.05. The molecule has 0 bridgehead atoms. The van der Waals surface area contributed by atoms with E-state index >= 15 is 0 Å². The van der Waals surface area contributed by atoms with Crippen molar-refractivity contribution < 1.29 is 19.1 Å². The molecule has 0 aliphatic carbocycles. The third kappa shape index (κ3) is 5.99. The second kappa shape index (κ2) is 10.7. The number of rotatable bonds is 8. The highest BCUT2D eigenvalue weighted by Crippen LogP contribution is 2.25. The number of amides is 2. The largest absolute Gasteiger partial charge is 0.494 e. The van der Waals surface area contributed by atoms with E-state index in [0.29, 0.717) is 24.7 Å². The predicted molar refractivity (Wildman–Crippen MR) is 116 cm³/mol. The molecule has 2 amide bonds. The molecule has 0 unspecified atom stereocenters. The summed E-state index contributed by atoms with van der Waals surface area (Å²) in [7, 11) is 0. The van der Waals surface area contributed by atoms with Crippen LogP contribution >= 0.6 is 0 Å². The Morgan fingerprint density at radius 2 is 1.80 bits per heavy atom. The highest BCUT2D eigenvalue weighted by atomic mass is 16.6. The van der Waals surface area contributed by atoms with E-state index in [2.05, 4.69) is 0 Å². The Kier molecular flexibility index (Phi) is 7.71. The maximum atomic E-state index is 11.7. The van der Waals surface area contributed by atoms with Crippen LogP contribution in [0.25, 0.3) is 11.1 Å². The summed E-state index contributed by atoms with van der Waals surface area (Å²) in [4.78, 5) is 24.9. The van der Waals surface area contributed by atoms with Crippen molar-refractivity contribution in [3.05, 3.63) is 54.1 Å². The number of likely N-dealkylation sites (tertiary alicyclic amines) is 1. The van der Waals surface area contributed by atoms with E-state index in [-0.39, 0.29) is 6.09 Å². The van der Waals surface area contributed by atoms with Crippen LogP contribution in [-0.4, -0.2) is 43.2 Å². The predicted octanol–water partition coefficient (Wildman–Crippen LogP) is 4.48. The normalized spacial score (nSPS) is 14.4. The Balaban J connectivity index is 1.39. The average Bonchev–Trinajstić information content (AvgIpc) is 2.78. The molecule has 2 aromatic rings. The highest BCUT2D eigenvalue weighted by molar-refractivity contribution is 5.94. The van der Waals surface area contributed by atoms with Crippen LogP contribution in [0.2, 0.25) is 0 Å². The molecule has 160 valence electrons. The van der Waals surface area contributed by atoms with Gasteiger partial charge in [-0.15, -0.1) is 0 Å². The van der Waals surface area contributed by atoms with Crippen LogP contribution < -0.4 is 10.5 Å². The molecule has 6 nitrogen and oxygen atoms in total. The van der Waals surface area contributed by atoms with Crippen molar-refractivity contribution in [2.45, 2.75) is 32.6 Å². The van der Waals surface area contributed by atoms with Gasteiger partial charge in [0.2, 0.25) is 5.91 Å². The standard InChI is InChI=1S/C24H30N2O4/c1-2-29-24(28)26-14-12-18(13-15-26)5-4-16-30-22-10-8-19(9-11-22)20-6-3-7-21(17-20)23(25)27/h3,6-11,17-18H,2,4-5,12-16H2,1H3,(H2,25,27). The van der Waals surface area contributed by atoms with Crippen LogP contribution in [0.3, 0.4) is 0 Å². The molecule has 1 fully saturated rings. The Labute approximate surface area is 178 Å². The lowest BCUT2D eigenvalue weighted by Crippen LogP contribution is -2.38. The maximum absolute atomic E-state index is 11.7.